The lowest BCUT2D eigenvalue weighted by atomic mass is 10.2. The minimum absolute atomic E-state index is 0.149. The van der Waals surface area contributed by atoms with Crippen molar-refractivity contribution in [3.63, 3.8) is 0 Å². The molecule has 0 radical (unpaired) electrons. The van der Waals surface area contributed by atoms with E-state index in [1.165, 1.54) is 6.07 Å². The molecule has 0 unspecified atom stereocenters. The molecule has 1 aliphatic heterocycles. The lowest BCUT2D eigenvalue weighted by molar-refractivity contribution is 0.228. The summed E-state index contributed by atoms with van der Waals surface area (Å²) in [6, 6.07) is 10.9. The fourth-order valence-corrected chi connectivity index (χ4v) is 2.69. The number of anilines is 1. The SMILES string of the molecule is NCc1ccc(CN2CCN(c3ccccc3F)CC2)o1. The number of nitrogens with zero attached hydrogens (tertiary/aromatic N) is 2. The van der Waals surface area contributed by atoms with Gasteiger partial charge in [-0.15, -0.1) is 0 Å². The highest BCUT2D eigenvalue weighted by molar-refractivity contribution is 5.47. The van der Waals surface area contributed by atoms with E-state index in [-0.39, 0.29) is 5.82 Å². The van der Waals surface area contributed by atoms with Crippen molar-refractivity contribution in [2.75, 3.05) is 31.1 Å². The average Bonchev–Trinajstić information content (AvgIpc) is 2.96. The molecule has 1 aromatic carbocycles. The Morgan fingerprint density at radius 1 is 1.00 bits per heavy atom. The summed E-state index contributed by atoms with van der Waals surface area (Å²) < 4.78 is 19.4. The highest BCUT2D eigenvalue weighted by Crippen LogP contribution is 2.21. The zero-order valence-electron chi connectivity index (χ0n) is 12.0. The summed E-state index contributed by atoms with van der Waals surface area (Å²) in [4.78, 5) is 4.41. The largest absolute Gasteiger partial charge is 0.463 e. The first-order chi connectivity index (χ1) is 10.3. The maximum atomic E-state index is 13.8. The van der Waals surface area contributed by atoms with Crippen LogP contribution in [0.3, 0.4) is 0 Å². The molecule has 112 valence electrons. The molecule has 2 aromatic rings. The van der Waals surface area contributed by atoms with Gasteiger partial charge in [-0.3, -0.25) is 4.90 Å². The predicted octanol–water partition coefficient (Wildman–Crippen LogP) is 2.20. The Morgan fingerprint density at radius 2 is 1.71 bits per heavy atom. The predicted molar refractivity (Wildman–Crippen MR) is 80.5 cm³/mol. The van der Waals surface area contributed by atoms with Crippen LogP contribution in [0.4, 0.5) is 10.1 Å². The molecule has 0 atom stereocenters. The Hall–Kier alpha value is -1.85. The highest BCUT2D eigenvalue weighted by Gasteiger charge is 2.20. The molecule has 0 aliphatic carbocycles. The van der Waals surface area contributed by atoms with E-state index in [2.05, 4.69) is 9.80 Å². The minimum atomic E-state index is -0.149. The maximum absolute atomic E-state index is 13.8. The molecule has 4 nitrogen and oxygen atoms in total. The summed E-state index contributed by atoms with van der Waals surface area (Å²) in [5.74, 6) is 1.61. The van der Waals surface area contributed by atoms with Crippen molar-refractivity contribution in [2.24, 2.45) is 5.73 Å². The number of hydrogen-bond acceptors (Lipinski definition) is 4. The molecule has 0 amide bonds. The van der Waals surface area contributed by atoms with Gasteiger partial charge < -0.3 is 15.1 Å². The van der Waals surface area contributed by atoms with Gasteiger partial charge in [-0.2, -0.15) is 0 Å². The zero-order valence-corrected chi connectivity index (χ0v) is 12.0. The normalized spacial score (nSPS) is 16.4. The van der Waals surface area contributed by atoms with Gasteiger partial charge in [0.2, 0.25) is 0 Å². The number of benzene rings is 1. The van der Waals surface area contributed by atoms with Crippen molar-refractivity contribution in [2.45, 2.75) is 13.1 Å². The quantitative estimate of drug-likeness (QED) is 0.937. The number of para-hydroxylation sites is 1. The van der Waals surface area contributed by atoms with Crippen LogP contribution in [0.1, 0.15) is 11.5 Å². The van der Waals surface area contributed by atoms with Crippen LogP contribution in [0.5, 0.6) is 0 Å². The first-order valence-electron chi connectivity index (χ1n) is 7.26. The molecular weight excluding hydrogens is 269 g/mol. The van der Waals surface area contributed by atoms with E-state index < -0.39 is 0 Å². The van der Waals surface area contributed by atoms with E-state index in [9.17, 15) is 4.39 Å². The molecule has 3 rings (SSSR count). The first kappa shape index (κ1) is 14.1. The Kier molecular flexibility index (Phi) is 4.22. The highest BCUT2D eigenvalue weighted by atomic mass is 19.1. The standard InChI is InChI=1S/C16H20FN3O/c17-15-3-1-2-4-16(15)20-9-7-19(8-10-20)12-14-6-5-13(11-18)21-14/h1-6H,7-12,18H2. The third kappa shape index (κ3) is 3.25. The van der Waals surface area contributed by atoms with E-state index in [1.807, 2.05) is 24.3 Å². The minimum Gasteiger partial charge on any atom is -0.463 e. The van der Waals surface area contributed by atoms with Crippen molar-refractivity contribution in [3.05, 3.63) is 53.7 Å². The van der Waals surface area contributed by atoms with Crippen molar-refractivity contribution < 1.29 is 8.81 Å². The lowest BCUT2D eigenvalue weighted by Crippen LogP contribution is -2.46. The number of nitrogens with two attached hydrogens (primary N) is 1. The number of rotatable bonds is 4. The summed E-state index contributed by atoms with van der Waals surface area (Å²) in [5, 5.41) is 0. The molecule has 1 aliphatic rings. The van der Waals surface area contributed by atoms with Crippen molar-refractivity contribution >= 4 is 5.69 Å². The average molecular weight is 289 g/mol. The van der Waals surface area contributed by atoms with Crippen LogP contribution < -0.4 is 10.6 Å². The van der Waals surface area contributed by atoms with E-state index in [4.69, 9.17) is 10.2 Å². The van der Waals surface area contributed by atoms with Crippen LogP contribution in [-0.4, -0.2) is 31.1 Å². The van der Waals surface area contributed by atoms with Crippen LogP contribution in [0, 0.1) is 5.82 Å². The van der Waals surface area contributed by atoms with Crippen LogP contribution in [0.15, 0.2) is 40.8 Å². The van der Waals surface area contributed by atoms with Gasteiger partial charge in [0, 0.05) is 26.2 Å². The van der Waals surface area contributed by atoms with Crippen molar-refractivity contribution in [1.82, 2.24) is 4.90 Å². The molecule has 2 heterocycles. The van der Waals surface area contributed by atoms with Crippen molar-refractivity contribution in [1.29, 1.82) is 0 Å². The Bertz CT molecular complexity index is 591. The number of hydrogen-bond donors (Lipinski definition) is 1. The van der Waals surface area contributed by atoms with Gasteiger partial charge in [-0.05, 0) is 24.3 Å². The monoisotopic (exact) mass is 289 g/mol. The van der Waals surface area contributed by atoms with E-state index in [1.54, 1.807) is 6.07 Å². The van der Waals surface area contributed by atoms with E-state index in [0.717, 1.165) is 44.2 Å². The molecule has 5 heteroatoms. The molecule has 0 spiro atoms. The Labute approximate surface area is 123 Å². The third-order valence-corrected chi connectivity index (χ3v) is 3.86. The molecule has 0 saturated carbocycles. The van der Waals surface area contributed by atoms with E-state index >= 15 is 0 Å². The maximum Gasteiger partial charge on any atom is 0.146 e. The first-order valence-corrected chi connectivity index (χ1v) is 7.26. The zero-order chi connectivity index (χ0) is 14.7. The van der Waals surface area contributed by atoms with Gasteiger partial charge in [-0.1, -0.05) is 12.1 Å². The molecule has 1 saturated heterocycles. The van der Waals surface area contributed by atoms with Crippen molar-refractivity contribution in [3.8, 4) is 0 Å². The summed E-state index contributed by atoms with van der Waals surface area (Å²) in [6.45, 7) is 4.66. The second-order valence-electron chi connectivity index (χ2n) is 5.29. The van der Waals surface area contributed by atoms with Gasteiger partial charge >= 0.3 is 0 Å². The molecule has 21 heavy (non-hydrogen) atoms. The fourth-order valence-electron chi connectivity index (χ4n) is 2.69. The number of halogens is 1. The van der Waals surface area contributed by atoms with Gasteiger partial charge in [0.15, 0.2) is 0 Å². The molecule has 1 fully saturated rings. The van der Waals surface area contributed by atoms with Crippen LogP contribution in [0.25, 0.3) is 0 Å². The third-order valence-electron chi connectivity index (χ3n) is 3.86. The van der Waals surface area contributed by atoms with Gasteiger partial charge in [0.1, 0.15) is 17.3 Å². The molecular formula is C16H20FN3O. The number of furan rings is 1. The fraction of sp³-hybridized carbons (Fsp3) is 0.375. The van der Waals surface area contributed by atoms with Gasteiger partial charge in [0.05, 0.1) is 18.8 Å². The van der Waals surface area contributed by atoms with Gasteiger partial charge in [0.25, 0.3) is 0 Å². The van der Waals surface area contributed by atoms with Crippen LogP contribution >= 0.6 is 0 Å². The lowest BCUT2D eigenvalue weighted by Gasteiger charge is -2.35. The molecule has 2 N–H and O–H groups in total. The Balaban J connectivity index is 1.56. The molecule has 0 bridgehead atoms. The van der Waals surface area contributed by atoms with E-state index in [0.29, 0.717) is 12.2 Å². The van der Waals surface area contributed by atoms with Gasteiger partial charge in [-0.25, -0.2) is 4.39 Å². The summed E-state index contributed by atoms with van der Waals surface area (Å²) in [7, 11) is 0. The number of piperazine rings is 1. The second-order valence-corrected chi connectivity index (χ2v) is 5.29. The van der Waals surface area contributed by atoms with Crippen LogP contribution in [0.2, 0.25) is 0 Å². The topological polar surface area (TPSA) is 45.6 Å². The van der Waals surface area contributed by atoms with Crippen LogP contribution in [-0.2, 0) is 13.1 Å². The second kappa shape index (κ2) is 6.28. The Morgan fingerprint density at radius 3 is 2.38 bits per heavy atom. The summed E-state index contributed by atoms with van der Waals surface area (Å²) in [5.41, 5.74) is 6.24. The summed E-state index contributed by atoms with van der Waals surface area (Å²) in [6.07, 6.45) is 0. The molecule has 1 aromatic heterocycles. The smallest absolute Gasteiger partial charge is 0.146 e. The summed E-state index contributed by atoms with van der Waals surface area (Å²) >= 11 is 0.